The summed E-state index contributed by atoms with van der Waals surface area (Å²) in [5.74, 6) is 1.62. The third-order valence-electron chi connectivity index (χ3n) is 3.18. The molecule has 0 radical (unpaired) electrons. The summed E-state index contributed by atoms with van der Waals surface area (Å²) in [6, 6.07) is 12.1. The Hall–Kier alpha value is -2.25. The van der Waals surface area contributed by atoms with E-state index in [9.17, 15) is 0 Å². The van der Waals surface area contributed by atoms with Crippen LogP contribution in [0.4, 0.5) is 11.5 Å². The highest BCUT2D eigenvalue weighted by molar-refractivity contribution is 8.06. The third-order valence-corrected chi connectivity index (χ3v) is 3.86. The Labute approximate surface area is 143 Å². The molecule has 0 unspecified atom stereocenters. The average molecular weight is 363 g/mol. The van der Waals surface area contributed by atoms with Gasteiger partial charge in [0.2, 0.25) is 0 Å². The summed E-state index contributed by atoms with van der Waals surface area (Å²) < 4.78 is 10.1. The molecule has 0 saturated carbocycles. The van der Waals surface area contributed by atoms with E-state index >= 15 is 0 Å². The number of methoxy groups -OCH3 is 1. The maximum absolute atomic E-state index is 9.16. The summed E-state index contributed by atoms with van der Waals surface area (Å²) in [7, 11) is 1.60. The van der Waals surface area contributed by atoms with Crippen molar-refractivity contribution in [2.75, 3.05) is 12.4 Å². The van der Waals surface area contributed by atoms with Gasteiger partial charge in [0, 0.05) is 22.9 Å². The highest BCUT2D eigenvalue weighted by Crippen LogP contribution is 2.38. The van der Waals surface area contributed by atoms with Crippen molar-refractivity contribution in [3.8, 4) is 11.5 Å². The van der Waals surface area contributed by atoms with Crippen LogP contribution in [0.5, 0.6) is 11.5 Å². The second-order valence-electron chi connectivity index (χ2n) is 4.84. The van der Waals surface area contributed by atoms with Gasteiger partial charge in [-0.1, -0.05) is 0 Å². The van der Waals surface area contributed by atoms with Gasteiger partial charge in [-0.25, -0.2) is 9.97 Å². The molecule has 0 saturated heterocycles. The summed E-state index contributed by atoms with van der Waals surface area (Å²) in [5, 5.41) is 4.00. The molecule has 0 bridgehead atoms. The second kappa shape index (κ2) is 6.70. The van der Waals surface area contributed by atoms with Gasteiger partial charge in [-0.15, -0.1) is 0 Å². The van der Waals surface area contributed by atoms with Crippen LogP contribution < -0.4 is 14.6 Å². The molecule has 0 amide bonds. The molecule has 2 aromatic carbocycles. The van der Waals surface area contributed by atoms with Gasteiger partial charge < -0.3 is 24.4 Å². The number of aromatic nitrogens is 2. The zero-order valence-corrected chi connectivity index (χ0v) is 14.3. The van der Waals surface area contributed by atoms with Crippen molar-refractivity contribution in [3.63, 3.8) is 0 Å². The van der Waals surface area contributed by atoms with Crippen LogP contribution in [0.3, 0.4) is 0 Å². The summed E-state index contributed by atoms with van der Waals surface area (Å²) in [4.78, 5) is 26.8. The summed E-state index contributed by atoms with van der Waals surface area (Å²) in [5.41, 5.74) is 1.53. The van der Waals surface area contributed by atoms with E-state index < -0.39 is 6.72 Å². The predicted octanol–water partition coefficient (Wildman–Crippen LogP) is 2.97. The van der Waals surface area contributed by atoms with Gasteiger partial charge in [0.25, 0.3) is 0 Å². The predicted molar refractivity (Wildman–Crippen MR) is 95.2 cm³/mol. The number of fused-ring (bicyclic) bond motifs is 1. The topological polar surface area (TPSA) is 96.7 Å². The van der Waals surface area contributed by atoms with Crippen molar-refractivity contribution in [2.45, 2.75) is 0 Å². The number of ether oxygens (including phenoxy) is 1. The van der Waals surface area contributed by atoms with Crippen molar-refractivity contribution in [2.24, 2.45) is 0 Å². The molecule has 3 N–H and O–H groups in total. The molecule has 0 spiro atoms. The van der Waals surface area contributed by atoms with Crippen LogP contribution in [0.1, 0.15) is 0 Å². The van der Waals surface area contributed by atoms with Gasteiger partial charge in [-0.2, -0.15) is 0 Å². The van der Waals surface area contributed by atoms with E-state index in [1.807, 2.05) is 18.2 Å². The first-order valence-electron chi connectivity index (χ1n) is 6.85. The van der Waals surface area contributed by atoms with Crippen molar-refractivity contribution in [3.05, 3.63) is 48.8 Å². The first kappa shape index (κ1) is 16.6. The van der Waals surface area contributed by atoms with E-state index in [2.05, 4.69) is 27.1 Å². The second-order valence-corrected chi connectivity index (χ2v) is 7.43. The molecule has 3 rings (SSSR count). The summed E-state index contributed by atoms with van der Waals surface area (Å²) in [6.07, 6.45) is 1.47. The first-order chi connectivity index (χ1) is 11.4. The minimum atomic E-state index is -3.73. The number of hydrogen-bond donors (Lipinski definition) is 3. The Kier molecular flexibility index (Phi) is 4.64. The number of nitrogens with zero attached hydrogens (tertiary/aromatic N) is 2. The minimum Gasteiger partial charge on any atom is -0.497 e. The molecular weight excluding hydrogens is 349 g/mol. The Morgan fingerprint density at radius 3 is 2.42 bits per heavy atom. The molecule has 0 aliphatic carbocycles. The fraction of sp³-hybridized carbons (Fsp3) is 0.0667. The number of hydrogen-bond acceptors (Lipinski definition) is 6. The van der Waals surface area contributed by atoms with Gasteiger partial charge in [-0.05, 0) is 42.5 Å². The molecule has 3 aromatic rings. The summed E-state index contributed by atoms with van der Waals surface area (Å²) in [6.45, 7) is -3.73. The molecule has 9 heteroatoms. The standard InChI is InChI=1S/C15H14N3O4PS/c1-21-12-6-7-14-13(8-12)15(17-9-16-14)18-10-2-4-11(5-3-10)22-23(19,20)24/h2-9H,1H3,(H,16,17,18)(H2,19,20,24). The number of rotatable bonds is 5. The highest BCUT2D eigenvalue weighted by atomic mass is 32.5. The molecule has 1 heterocycles. The van der Waals surface area contributed by atoms with Crippen LogP contribution in [0.15, 0.2) is 48.8 Å². The number of anilines is 2. The van der Waals surface area contributed by atoms with E-state index in [0.29, 0.717) is 11.6 Å². The smallest absolute Gasteiger partial charge is 0.375 e. The van der Waals surface area contributed by atoms with Crippen LogP contribution in [-0.2, 0) is 11.8 Å². The van der Waals surface area contributed by atoms with Crippen LogP contribution in [-0.4, -0.2) is 26.9 Å². The number of benzene rings is 2. The quantitative estimate of drug-likeness (QED) is 0.596. The Morgan fingerprint density at radius 1 is 1.04 bits per heavy atom. The Bertz CT molecular complexity index is 914. The van der Waals surface area contributed by atoms with Gasteiger partial charge >= 0.3 is 6.72 Å². The SMILES string of the molecule is COc1ccc2ncnc(Nc3ccc(OP(O)(O)=S)cc3)c2c1. The Balaban J connectivity index is 1.88. The van der Waals surface area contributed by atoms with Crippen molar-refractivity contribution < 1.29 is 19.0 Å². The van der Waals surface area contributed by atoms with Crippen molar-refractivity contribution in [1.29, 1.82) is 0 Å². The lowest BCUT2D eigenvalue weighted by molar-refractivity contribution is 0.370. The zero-order valence-electron chi connectivity index (χ0n) is 12.6. The van der Waals surface area contributed by atoms with Crippen LogP contribution in [0.2, 0.25) is 0 Å². The maximum atomic E-state index is 9.16. The lowest BCUT2D eigenvalue weighted by Gasteiger charge is -2.12. The highest BCUT2D eigenvalue weighted by Gasteiger charge is 2.10. The fourth-order valence-corrected chi connectivity index (χ4v) is 2.79. The van der Waals surface area contributed by atoms with Crippen LogP contribution in [0.25, 0.3) is 10.9 Å². The third kappa shape index (κ3) is 3.98. The normalized spacial score (nSPS) is 11.3. The van der Waals surface area contributed by atoms with Crippen LogP contribution >= 0.6 is 6.72 Å². The summed E-state index contributed by atoms with van der Waals surface area (Å²) >= 11 is 4.44. The minimum absolute atomic E-state index is 0.281. The molecule has 24 heavy (non-hydrogen) atoms. The van der Waals surface area contributed by atoms with Crippen molar-refractivity contribution >= 4 is 40.9 Å². The lowest BCUT2D eigenvalue weighted by atomic mass is 10.2. The van der Waals surface area contributed by atoms with Crippen LogP contribution in [0, 0.1) is 0 Å². The van der Waals surface area contributed by atoms with E-state index in [-0.39, 0.29) is 5.75 Å². The lowest BCUT2D eigenvalue weighted by Crippen LogP contribution is -1.97. The zero-order chi connectivity index (χ0) is 17.2. The average Bonchev–Trinajstić information content (AvgIpc) is 2.55. The fourth-order valence-electron chi connectivity index (χ4n) is 2.14. The largest absolute Gasteiger partial charge is 0.497 e. The molecule has 0 fully saturated rings. The van der Waals surface area contributed by atoms with Gasteiger partial charge in [-0.3, -0.25) is 0 Å². The molecular formula is C15H14N3O4PS. The molecule has 1 aromatic heterocycles. The number of nitrogens with one attached hydrogen (secondary N) is 1. The van der Waals surface area contributed by atoms with Gasteiger partial charge in [0.05, 0.1) is 12.6 Å². The van der Waals surface area contributed by atoms with Crippen molar-refractivity contribution in [1.82, 2.24) is 9.97 Å². The molecule has 124 valence electrons. The van der Waals surface area contributed by atoms with E-state index in [1.165, 1.54) is 6.33 Å². The maximum Gasteiger partial charge on any atom is 0.375 e. The molecule has 0 aliphatic heterocycles. The monoisotopic (exact) mass is 363 g/mol. The molecule has 0 aliphatic rings. The van der Waals surface area contributed by atoms with Gasteiger partial charge in [0.15, 0.2) is 0 Å². The Morgan fingerprint density at radius 2 is 1.75 bits per heavy atom. The van der Waals surface area contributed by atoms with E-state index in [4.69, 9.17) is 19.0 Å². The van der Waals surface area contributed by atoms with E-state index in [0.717, 1.165) is 16.6 Å². The molecule has 7 nitrogen and oxygen atoms in total. The first-order valence-corrected chi connectivity index (χ1v) is 9.48. The molecule has 0 atom stereocenters. The van der Waals surface area contributed by atoms with E-state index in [1.54, 1.807) is 31.4 Å². The van der Waals surface area contributed by atoms with Gasteiger partial charge in [0.1, 0.15) is 23.6 Å².